The Labute approximate surface area is 723 Å². The number of hydrogen-bond acceptors (Lipinski definition) is 3. The Morgan fingerprint density at radius 1 is 0.169 bits per heavy atom. The van der Waals surface area contributed by atoms with Crippen LogP contribution in [-0.4, -0.2) is 0 Å². The lowest BCUT2D eigenvalue weighted by Gasteiger charge is -2.30. The maximum absolute atomic E-state index is 8.80. The molecule has 3 nitrogen and oxygen atoms in total. The molecule has 638 valence electrons. The highest BCUT2D eigenvalue weighted by atomic mass is 31.2. The summed E-state index contributed by atoms with van der Waals surface area (Å²) in [5, 5.41) is 0. The van der Waals surface area contributed by atoms with E-state index in [1.54, 1.807) is 0 Å². The molecule has 0 atom stereocenters. The highest BCUT2D eigenvalue weighted by molar-refractivity contribution is 7.43. The van der Waals surface area contributed by atoms with Crippen LogP contribution < -0.4 is 13.6 Å². The fourth-order valence-corrected chi connectivity index (χ4v) is 19.7. The normalized spacial score (nSPS) is 11.6. The molecule has 0 aliphatic rings. The SMILES string of the molecule is CCCCCc1ccccc1-c1c(OP(Oc2cc(CCCCC)c(CCCCC)c(-c3ccccc3CCCCC)c2-c2ccccc2CCCCC)Oc2cc(CCCCC)c(CCCCC)c(-c3ccccc3CCCCC)c2-c2ccccc2CCCCC)cc(CCCCC)c(CCCCC)c1-c1ccccc1CCCCC. The molecular weight excluding hydrogens is 1450 g/mol. The molecule has 9 rings (SSSR count). The summed E-state index contributed by atoms with van der Waals surface area (Å²) in [5.74, 6) is 2.63. The van der Waals surface area contributed by atoms with Crippen molar-refractivity contribution in [3.8, 4) is 84.0 Å². The average Bonchev–Trinajstić information content (AvgIpc) is 0.752. The van der Waals surface area contributed by atoms with Crippen LogP contribution in [0.5, 0.6) is 17.2 Å². The van der Waals surface area contributed by atoms with Crippen molar-refractivity contribution in [2.45, 2.75) is 391 Å². The van der Waals surface area contributed by atoms with Gasteiger partial charge in [-0.3, -0.25) is 0 Å². The fourth-order valence-electron chi connectivity index (χ4n) is 18.6. The molecule has 0 N–H and O–H groups in total. The quantitative estimate of drug-likeness (QED) is 0.0281. The monoisotopic (exact) mass is 1610 g/mol. The van der Waals surface area contributed by atoms with Crippen molar-refractivity contribution >= 4 is 8.60 Å². The molecule has 0 saturated heterocycles. The zero-order valence-corrected chi connectivity index (χ0v) is 77.6. The Morgan fingerprint density at radius 3 is 0.500 bits per heavy atom. The van der Waals surface area contributed by atoms with Gasteiger partial charge in [-0.1, -0.05) is 383 Å². The van der Waals surface area contributed by atoms with Gasteiger partial charge < -0.3 is 13.6 Å². The standard InChI is InChI=1S/C114H159O3P/c1-13-25-37-61-88-67-49-55-79-97(88)109-103(76-46-34-22-10)94(73-43-31-19-7)85-106(112(109)100-82-58-52-70-91(100)64-40-28-16-4)115-118(116-107-86-95(74-44-32-20-8)104(77-47-35-23-11)110(98-80-56-50-68-89(98)62-38-26-14-2)113(107)101-83-59-53-71-92(101)65-41-29-17-5)117-108-87-96(75-45-33-21-9)105(78-48-36-24-12)111(99-81-57-51-69-90(99)63-39-27-15-3)114(108)102-84-60-54-72-93(102)66-42-30-18-6/h49-60,67-72,79-87H,13-48,61-66,73-78H2,1-12H3. The molecule has 0 aliphatic heterocycles. The summed E-state index contributed by atoms with van der Waals surface area (Å²) in [6.45, 7) is 28.4. The van der Waals surface area contributed by atoms with Crippen LogP contribution in [0.4, 0.5) is 0 Å². The van der Waals surface area contributed by atoms with E-state index in [-0.39, 0.29) is 0 Å². The van der Waals surface area contributed by atoms with Crippen LogP contribution in [0.25, 0.3) is 66.8 Å². The minimum Gasteiger partial charge on any atom is -0.408 e. The fraction of sp³-hybridized carbons (Fsp3) is 0.526. The third-order valence-corrected chi connectivity index (χ3v) is 26.3. The highest BCUT2D eigenvalue weighted by Gasteiger charge is 2.35. The summed E-state index contributed by atoms with van der Waals surface area (Å²) >= 11 is 0. The third-order valence-electron chi connectivity index (χ3n) is 25.3. The smallest absolute Gasteiger partial charge is 0.408 e. The van der Waals surface area contributed by atoms with Crippen LogP contribution in [-0.2, 0) is 77.0 Å². The van der Waals surface area contributed by atoms with Crippen LogP contribution in [0.1, 0.15) is 381 Å². The molecule has 4 heteroatoms. The van der Waals surface area contributed by atoms with E-state index in [1.807, 2.05) is 0 Å². The second-order valence-electron chi connectivity index (χ2n) is 34.7. The molecule has 9 aromatic rings. The lowest BCUT2D eigenvalue weighted by Crippen LogP contribution is -2.11. The Balaban J connectivity index is 1.56. The summed E-state index contributed by atoms with van der Waals surface area (Å²) in [6.07, 6.45) is 53.6. The van der Waals surface area contributed by atoms with Crippen molar-refractivity contribution in [3.63, 3.8) is 0 Å². The van der Waals surface area contributed by atoms with E-state index in [0.29, 0.717) is 0 Å². The predicted octanol–water partition coefficient (Wildman–Crippen LogP) is 36.2. The molecule has 0 saturated carbocycles. The van der Waals surface area contributed by atoms with Crippen LogP contribution in [0.3, 0.4) is 0 Å². The first-order valence-corrected chi connectivity index (χ1v) is 50.2. The van der Waals surface area contributed by atoms with Crippen LogP contribution >= 0.6 is 8.60 Å². The second kappa shape index (κ2) is 54.2. The van der Waals surface area contributed by atoms with E-state index < -0.39 is 8.60 Å². The van der Waals surface area contributed by atoms with Crippen molar-refractivity contribution in [3.05, 3.63) is 231 Å². The Hall–Kier alpha value is -7.19. The Bertz CT molecular complexity index is 3920. The van der Waals surface area contributed by atoms with Gasteiger partial charge in [-0.05, 0) is 289 Å². The summed E-state index contributed by atoms with van der Waals surface area (Å²) in [7, 11) is -2.44. The second-order valence-corrected chi connectivity index (χ2v) is 35.7. The zero-order chi connectivity index (χ0) is 83.3. The maximum atomic E-state index is 8.80. The minimum absolute atomic E-state index is 0.878. The van der Waals surface area contributed by atoms with Gasteiger partial charge in [0, 0.05) is 16.7 Å². The van der Waals surface area contributed by atoms with Crippen molar-refractivity contribution in [2.75, 3.05) is 0 Å². The van der Waals surface area contributed by atoms with Gasteiger partial charge in [-0.2, -0.15) is 0 Å². The van der Waals surface area contributed by atoms with Crippen LogP contribution in [0.15, 0.2) is 164 Å². The predicted molar refractivity (Wildman–Crippen MR) is 519 cm³/mol. The first-order valence-electron chi connectivity index (χ1n) is 49.1. The number of benzene rings is 9. The summed E-state index contributed by atoms with van der Waals surface area (Å²) in [5.41, 5.74) is 32.8. The molecule has 0 amide bonds. The van der Waals surface area contributed by atoms with Crippen molar-refractivity contribution < 1.29 is 13.6 Å². The number of rotatable bonds is 60. The molecule has 0 fully saturated rings. The molecule has 0 bridgehead atoms. The lowest BCUT2D eigenvalue weighted by atomic mass is 9.80. The van der Waals surface area contributed by atoms with Gasteiger partial charge >= 0.3 is 8.60 Å². The largest absolute Gasteiger partial charge is 0.530 e. The van der Waals surface area contributed by atoms with Gasteiger partial charge in [0.1, 0.15) is 17.2 Å². The van der Waals surface area contributed by atoms with E-state index in [0.717, 1.165) is 248 Å². The van der Waals surface area contributed by atoms with Crippen molar-refractivity contribution in [2.24, 2.45) is 0 Å². The molecule has 9 aromatic carbocycles. The van der Waals surface area contributed by atoms with E-state index in [9.17, 15) is 0 Å². The van der Waals surface area contributed by atoms with Gasteiger partial charge in [-0.25, -0.2) is 0 Å². The van der Waals surface area contributed by atoms with Gasteiger partial charge in [0.2, 0.25) is 0 Å². The van der Waals surface area contributed by atoms with E-state index in [2.05, 4.69) is 247 Å². The zero-order valence-electron chi connectivity index (χ0n) is 76.7. The van der Waals surface area contributed by atoms with Crippen molar-refractivity contribution in [1.82, 2.24) is 0 Å². The molecule has 0 unspecified atom stereocenters. The number of aryl methyl sites for hydroxylation is 9. The molecule has 0 spiro atoms. The summed E-state index contributed by atoms with van der Waals surface area (Å²) < 4.78 is 26.4. The maximum Gasteiger partial charge on any atom is 0.530 e. The van der Waals surface area contributed by atoms with Crippen LogP contribution in [0, 0.1) is 0 Å². The summed E-state index contributed by atoms with van der Waals surface area (Å²) in [4.78, 5) is 0. The van der Waals surface area contributed by atoms with E-state index in [1.165, 1.54) is 211 Å². The Kier molecular flexibility index (Phi) is 43.5. The van der Waals surface area contributed by atoms with Gasteiger partial charge in [-0.15, -0.1) is 0 Å². The molecule has 0 heterocycles. The van der Waals surface area contributed by atoms with Crippen LogP contribution in [0.2, 0.25) is 0 Å². The minimum atomic E-state index is -2.44. The molecule has 118 heavy (non-hydrogen) atoms. The van der Waals surface area contributed by atoms with Gasteiger partial charge in [0.05, 0.1) is 0 Å². The molecular formula is C114H159O3P. The lowest BCUT2D eigenvalue weighted by molar-refractivity contribution is 0.389. The molecule has 0 radical (unpaired) electrons. The van der Waals surface area contributed by atoms with Gasteiger partial charge in [0.25, 0.3) is 0 Å². The topological polar surface area (TPSA) is 27.7 Å². The van der Waals surface area contributed by atoms with E-state index in [4.69, 9.17) is 13.6 Å². The number of hydrogen-bond donors (Lipinski definition) is 0. The van der Waals surface area contributed by atoms with E-state index >= 15 is 0 Å². The first kappa shape index (κ1) is 94.7. The first-order chi connectivity index (χ1) is 58.2. The highest BCUT2D eigenvalue weighted by Crippen LogP contribution is 2.58. The third kappa shape index (κ3) is 27.4. The van der Waals surface area contributed by atoms with Crippen molar-refractivity contribution in [1.29, 1.82) is 0 Å². The van der Waals surface area contributed by atoms with Gasteiger partial charge in [0.15, 0.2) is 0 Å². The number of unbranched alkanes of at least 4 members (excludes halogenated alkanes) is 24. The molecule has 0 aromatic heterocycles. The molecule has 0 aliphatic carbocycles. The Morgan fingerprint density at radius 2 is 0.322 bits per heavy atom. The average molecular weight is 1610 g/mol. The summed E-state index contributed by atoms with van der Waals surface area (Å²) in [6, 6.07) is 65.3.